The first-order valence-corrected chi connectivity index (χ1v) is 8.32. The number of hydrazine groups is 1. The summed E-state index contributed by atoms with van der Waals surface area (Å²) in [4.78, 5) is 12.7. The third kappa shape index (κ3) is 3.65. The Kier molecular flexibility index (Phi) is 5.15. The predicted molar refractivity (Wildman–Crippen MR) is 88.9 cm³/mol. The van der Waals surface area contributed by atoms with Crippen LogP contribution in [-0.4, -0.2) is 38.7 Å². The van der Waals surface area contributed by atoms with Crippen LogP contribution in [0, 0.1) is 11.8 Å². The molecule has 2 saturated heterocycles. The smallest absolute Gasteiger partial charge is 0.226 e. The second-order valence-corrected chi connectivity index (χ2v) is 6.47. The number of hydrogen-bond acceptors (Lipinski definition) is 5. The van der Waals surface area contributed by atoms with Gasteiger partial charge in [0, 0.05) is 12.6 Å². The molecule has 4 N–H and O–H groups in total. The quantitative estimate of drug-likeness (QED) is 0.653. The van der Waals surface area contributed by atoms with Crippen LogP contribution in [0.25, 0.3) is 0 Å². The fourth-order valence-corrected chi connectivity index (χ4v) is 3.39. The summed E-state index contributed by atoms with van der Waals surface area (Å²) in [5, 5.41) is 6.61. The van der Waals surface area contributed by atoms with Gasteiger partial charge >= 0.3 is 0 Å². The molecule has 126 valence electrons. The van der Waals surface area contributed by atoms with E-state index in [1.165, 1.54) is 0 Å². The van der Waals surface area contributed by atoms with Gasteiger partial charge in [0.05, 0.1) is 19.1 Å². The monoisotopic (exact) mass is 318 g/mol. The van der Waals surface area contributed by atoms with Crippen molar-refractivity contribution in [1.29, 1.82) is 0 Å². The molecule has 23 heavy (non-hydrogen) atoms. The molecule has 0 spiro atoms. The molecular weight excluding hydrogens is 292 g/mol. The van der Waals surface area contributed by atoms with E-state index in [1.54, 1.807) is 7.11 Å². The Morgan fingerprint density at radius 1 is 1.26 bits per heavy atom. The van der Waals surface area contributed by atoms with Gasteiger partial charge in [-0.05, 0) is 43.1 Å². The number of carbonyl (C=O) groups excluding carboxylic acids is 1. The molecule has 0 aliphatic carbocycles. The number of carbonyl (C=O) groups is 1. The molecule has 2 aliphatic rings. The molecular formula is C17H26N4O2. The first kappa shape index (κ1) is 16.2. The molecule has 4 atom stereocenters. The molecule has 0 radical (unpaired) electrons. The molecule has 4 unspecified atom stereocenters. The standard InChI is InChI=1S/C17H26N4O2/c1-11-9-18-8-7-15(11)20-17(22)14-10-19-21-16(14)12-3-5-13(23-2)6-4-12/h3-6,11,14-16,18-19,21H,7-10H2,1-2H3,(H,20,22). The van der Waals surface area contributed by atoms with Crippen LogP contribution in [0.15, 0.2) is 24.3 Å². The third-order valence-electron chi connectivity index (χ3n) is 4.91. The van der Waals surface area contributed by atoms with Gasteiger partial charge in [0.1, 0.15) is 5.75 Å². The SMILES string of the molecule is COc1ccc(C2NNCC2C(=O)NC2CCNCC2C)cc1. The van der Waals surface area contributed by atoms with Crippen molar-refractivity contribution >= 4 is 5.91 Å². The largest absolute Gasteiger partial charge is 0.497 e. The van der Waals surface area contributed by atoms with Gasteiger partial charge in [-0.25, -0.2) is 5.43 Å². The number of ether oxygens (including phenoxy) is 1. The van der Waals surface area contributed by atoms with E-state index >= 15 is 0 Å². The molecule has 0 aromatic heterocycles. The number of nitrogens with one attached hydrogen (secondary N) is 4. The summed E-state index contributed by atoms with van der Waals surface area (Å²) in [5.74, 6) is 1.31. The Hall–Kier alpha value is -1.63. The molecule has 1 aromatic carbocycles. The molecule has 6 nitrogen and oxygen atoms in total. The molecule has 0 bridgehead atoms. The summed E-state index contributed by atoms with van der Waals surface area (Å²) in [6.45, 7) is 4.76. The highest BCUT2D eigenvalue weighted by Crippen LogP contribution is 2.27. The van der Waals surface area contributed by atoms with E-state index in [0.717, 1.165) is 30.8 Å². The lowest BCUT2D eigenvalue weighted by molar-refractivity contribution is -0.126. The van der Waals surface area contributed by atoms with Crippen LogP contribution in [0.5, 0.6) is 5.75 Å². The van der Waals surface area contributed by atoms with E-state index in [4.69, 9.17) is 4.74 Å². The molecule has 1 aromatic rings. The highest BCUT2D eigenvalue weighted by atomic mass is 16.5. The Bertz CT molecular complexity index is 534. The summed E-state index contributed by atoms with van der Waals surface area (Å²) >= 11 is 0. The summed E-state index contributed by atoms with van der Waals surface area (Å²) in [7, 11) is 1.65. The molecule has 2 heterocycles. The lowest BCUT2D eigenvalue weighted by Gasteiger charge is -2.31. The highest BCUT2D eigenvalue weighted by molar-refractivity contribution is 5.80. The Labute approximate surface area is 137 Å². The van der Waals surface area contributed by atoms with E-state index < -0.39 is 0 Å². The van der Waals surface area contributed by atoms with Gasteiger partial charge in [-0.2, -0.15) is 0 Å². The van der Waals surface area contributed by atoms with E-state index in [2.05, 4.69) is 28.4 Å². The van der Waals surface area contributed by atoms with Crippen LogP contribution in [0.3, 0.4) is 0 Å². The van der Waals surface area contributed by atoms with E-state index in [0.29, 0.717) is 12.5 Å². The number of hydrogen-bond donors (Lipinski definition) is 4. The maximum absolute atomic E-state index is 12.7. The molecule has 1 amide bonds. The average Bonchev–Trinajstić information content (AvgIpc) is 3.07. The summed E-state index contributed by atoms with van der Waals surface area (Å²) < 4.78 is 5.20. The molecule has 6 heteroatoms. The Morgan fingerprint density at radius 3 is 2.74 bits per heavy atom. The van der Waals surface area contributed by atoms with Crippen molar-refractivity contribution in [2.75, 3.05) is 26.7 Å². The minimum Gasteiger partial charge on any atom is -0.497 e. The van der Waals surface area contributed by atoms with E-state index in [1.807, 2.05) is 24.3 Å². The van der Waals surface area contributed by atoms with Crippen molar-refractivity contribution in [3.63, 3.8) is 0 Å². The topological polar surface area (TPSA) is 74.4 Å². The van der Waals surface area contributed by atoms with Crippen molar-refractivity contribution in [3.8, 4) is 5.75 Å². The Balaban J connectivity index is 1.66. The van der Waals surface area contributed by atoms with E-state index in [9.17, 15) is 4.79 Å². The molecule has 3 rings (SSSR count). The van der Waals surface area contributed by atoms with Crippen LogP contribution in [0.2, 0.25) is 0 Å². The van der Waals surface area contributed by atoms with Gasteiger partial charge in [-0.1, -0.05) is 19.1 Å². The third-order valence-corrected chi connectivity index (χ3v) is 4.91. The van der Waals surface area contributed by atoms with Crippen molar-refractivity contribution in [1.82, 2.24) is 21.5 Å². The fraction of sp³-hybridized carbons (Fsp3) is 0.588. The maximum Gasteiger partial charge on any atom is 0.226 e. The lowest BCUT2D eigenvalue weighted by Crippen LogP contribution is -2.50. The summed E-state index contributed by atoms with van der Waals surface area (Å²) in [6, 6.07) is 8.13. The lowest BCUT2D eigenvalue weighted by atomic mass is 9.91. The number of amides is 1. The van der Waals surface area contributed by atoms with Crippen molar-refractivity contribution in [3.05, 3.63) is 29.8 Å². The van der Waals surface area contributed by atoms with Crippen LogP contribution in [-0.2, 0) is 4.79 Å². The zero-order chi connectivity index (χ0) is 16.2. The first-order chi connectivity index (χ1) is 11.2. The van der Waals surface area contributed by atoms with Crippen molar-refractivity contribution < 1.29 is 9.53 Å². The number of rotatable bonds is 4. The zero-order valence-electron chi connectivity index (χ0n) is 13.8. The Morgan fingerprint density at radius 2 is 2.04 bits per heavy atom. The number of methoxy groups -OCH3 is 1. The second kappa shape index (κ2) is 7.29. The normalized spacial score (nSPS) is 30.9. The predicted octanol–water partition coefficient (Wildman–Crippen LogP) is 0.575. The molecule has 2 fully saturated rings. The fourth-order valence-electron chi connectivity index (χ4n) is 3.39. The van der Waals surface area contributed by atoms with Crippen LogP contribution in [0.4, 0.5) is 0 Å². The second-order valence-electron chi connectivity index (χ2n) is 6.47. The van der Waals surface area contributed by atoms with Crippen LogP contribution in [0.1, 0.15) is 24.9 Å². The van der Waals surface area contributed by atoms with Gasteiger partial charge in [-0.15, -0.1) is 0 Å². The molecule has 2 aliphatic heterocycles. The van der Waals surface area contributed by atoms with Gasteiger partial charge < -0.3 is 15.4 Å². The average molecular weight is 318 g/mol. The number of benzene rings is 1. The van der Waals surface area contributed by atoms with Crippen LogP contribution < -0.4 is 26.2 Å². The summed E-state index contributed by atoms with van der Waals surface area (Å²) in [6.07, 6.45) is 0.994. The number of piperidine rings is 1. The maximum atomic E-state index is 12.7. The van der Waals surface area contributed by atoms with Gasteiger partial charge in [-0.3, -0.25) is 10.2 Å². The zero-order valence-corrected chi connectivity index (χ0v) is 13.8. The van der Waals surface area contributed by atoms with Gasteiger partial charge in [0.25, 0.3) is 0 Å². The summed E-state index contributed by atoms with van der Waals surface area (Å²) in [5.41, 5.74) is 7.44. The minimum atomic E-state index is -0.106. The van der Waals surface area contributed by atoms with Crippen molar-refractivity contribution in [2.45, 2.75) is 25.4 Å². The van der Waals surface area contributed by atoms with Crippen molar-refractivity contribution in [2.24, 2.45) is 11.8 Å². The molecule has 0 saturated carbocycles. The minimum absolute atomic E-state index is 0.0158. The van der Waals surface area contributed by atoms with Gasteiger partial charge in [0.15, 0.2) is 0 Å². The van der Waals surface area contributed by atoms with Gasteiger partial charge in [0.2, 0.25) is 5.91 Å². The first-order valence-electron chi connectivity index (χ1n) is 8.32. The van der Waals surface area contributed by atoms with Crippen LogP contribution >= 0.6 is 0 Å². The highest BCUT2D eigenvalue weighted by Gasteiger charge is 2.35. The van der Waals surface area contributed by atoms with E-state index in [-0.39, 0.29) is 23.9 Å².